The molecule has 104 valence electrons. The van der Waals surface area contributed by atoms with Gasteiger partial charge in [0.2, 0.25) is 11.6 Å². The Balaban J connectivity index is 2.00. The number of methoxy groups -OCH3 is 1. The second-order valence-electron chi connectivity index (χ2n) is 4.65. The minimum absolute atomic E-state index is 0.426. The van der Waals surface area contributed by atoms with Crippen molar-refractivity contribution in [2.45, 2.75) is 0 Å². The van der Waals surface area contributed by atoms with Gasteiger partial charge in [-0.2, -0.15) is 0 Å². The van der Waals surface area contributed by atoms with Crippen molar-refractivity contribution in [2.24, 2.45) is 0 Å². The lowest BCUT2D eigenvalue weighted by molar-refractivity contribution is -0.111. The van der Waals surface area contributed by atoms with Crippen LogP contribution < -0.4 is 10.1 Å². The maximum Gasteiger partial charge on any atom is 0.233 e. The minimum Gasteiger partial charge on any atom is -0.497 e. The third kappa shape index (κ3) is 2.43. The molecule has 2 aromatic carbocycles. The van der Waals surface area contributed by atoms with Crippen LogP contribution in [0.25, 0.3) is 5.70 Å². The van der Waals surface area contributed by atoms with Crippen LogP contribution in [-0.2, 0) is 4.79 Å². The molecule has 21 heavy (non-hydrogen) atoms. The van der Waals surface area contributed by atoms with Gasteiger partial charge in [0.1, 0.15) is 5.75 Å². The molecule has 0 atom stereocenters. The number of ether oxygens (including phenoxy) is 1. The lowest BCUT2D eigenvalue weighted by atomic mass is 9.92. The SMILES string of the molecule is COc1cccc(NC2=CC(=O)C(=O)c3ccccc32)c1. The number of hydrogen-bond donors (Lipinski definition) is 1. The highest BCUT2D eigenvalue weighted by Gasteiger charge is 2.25. The molecule has 1 aliphatic rings. The Morgan fingerprint density at radius 3 is 2.48 bits per heavy atom. The first-order chi connectivity index (χ1) is 10.2. The van der Waals surface area contributed by atoms with Crippen LogP contribution in [0.5, 0.6) is 5.75 Å². The van der Waals surface area contributed by atoms with Crippen molar-refractivity contribution < 1.29 is 14.3 Å². The summed E-state index contributed by atoms with van der Waals surface area (Å²) in [5.41, 5.74) is 2.56. The predicted molar refractivity (Wildman–Crippen MR) is 80.4 cm³/mol. The van der Waals surface area contributed by atoms with Crippen molar-refractivity contribution in [3.8, 4) is 5.75 Å². The molecule has 0 amide bonds. The average Bonchev–Trinajstić information content (AvgIpc) is 2.52. The van der Waals surface area contributed by atoms with Crippen LogP contribution in [-0.4, -0.2) is 18.7 Å². The zero-order chi connectivity index (χ0) is 14.8. The molecular formula is C17H13NO3. The molecule has 4 nitrogen and oxygen atoms in total. The molecule has 0 fully saturated rings. The summed E-state index contributed by atoms with van der Waals surface area (Å²) < 4.78 is 5.17. The Morgan fingerprint density at radius 2 is 1.71 bits per heavy atom. The van der Waals surface area contributed by atoms with Gasteiger partial charge in [-0.3, -0.25) is 9.59 Å². The van der Waals surface area contributed by atoms with Crippen LogP contribution in [0.3, 0.4) is 0 Å². The molecule has 0 aromatic heterocycles. The van der Waals surface area contributed by atoms with Gasteiger partial charge in [-0.15, -0.1) is 0 Å². The summed E-state index contributed by atoms with van der Waals surface area (Å²) in [6, 6.07) is 14.4. The van der Waals surface area contributed by atoms with Crippen molar-refractivity contribution in [3.63, 3.8) is 0 Å². The summed E-state index contributed by atoms with van der Waals surface area (Å²) in [7, 11) is 1.59. The summed E-state index contributed by atoms with van der Waals surface area (Å²) in [6.07, 6.45) is 1.34. The molecule has 4 heteroatoms. The molecule has 0 radical (unpaired) electrons. The summed E-state index contributed by atoms with van der Waals surface area (Å²) in [4.78, 5) is 23.7. The Bertz CT molecular complexity index is 762. The smallest absolute Gasteiger partial charge is 0.233 e. The van der Waals surface area contributed by atoms with Crippen LogP contribution in [0.1, 0.15) is 15.9 Å². The highest BCUT2D eigenvalue weighted by molar-refractivity contribution is 6.50. The van der Waals surface area contributed by atoms with Gasteiger partial charge in [-0.1, -0.05) is 30.3 Å². The second-order valence-corrected chi connectivity index (χ2v) is 4.65. The Morgan fingerprint density at radius 1 is 0.952 bits per heavy atom. The molecule has 0 heterocycles. The van der Waals surface area contributed by atoms with Crippen LogP contribution in [0, 0.1) is 0 Å². The summed E-state index contributed by atoms with van der Waals surface area (Å²) in [6.45, 7) is 0. The molecule has 1 N–H and O–H groups in total. The maximum absolute atomic E-state index is 11.9. The number of rotatable bonds is 3. The largest absolute Gasteiger partial charge is 0.497 e. The fraction of sp³-hybridized carbons (Fsp3) is 0.0588. The zero-order valence-electron chi connectivity index (χ0n) is 11.4. The van der Waals surface area contributed by atoms with E-state index in [0.717, 1.165) is 11.3 Å². The van der Waals surface area contributed by atoms with Crippen molar-refractivity contribution in [1.82, 2.24) is 0 Å². The zero-order valence-corrected chi connectivity index (χ0v) is 11.4. The van der Waals surface area contributed by atoms with E-state index >= 15 is 0 Å². The number of carbonyl (C=O) groups excluding carboxylic acids is 2. The number of fused-ring (bicyclic) bond motifs is 1. The van der Waals surface area contributed by atoms with E-state index in [1.165, 1.54) is 6.08 Å². The minimum atomic E-state index is -0.515. The number of anilines is 1. The van der Waals surface area contributed by atoms with Crippen LogP contribution in [0.4, 0.5) is 5.69 Å². The Kier molecular flexibility index (Phi) is 3.28. The Hall–Kier alpha value is -2.88. The fourth-order valence-electron chi connectivity index (χ4n) is 2.28. The van der Waals surface area contributed by atoms with E-state index in [2.05, 4.69) is 5.32 Å². The van der Waals surface area contributed by atoms with Gasteiger partial charge in [0, 0.05) is 29.0 Å². The Labute approximate surface area is 122 Å². The molecule has 0 saturated carbocycles. The van der Waals surface area contributed by atoms with E-state index in [0.29, 0.717) is 17.0 Å². The molecule has 2 aromatic rings. The van der Waals surface area contributed by atoms with E-state index in [1.54, 1.807) is 19.2 Å². The monoisotopic (exact) mass is 279 g/mol. The van der Waals surface area contributed by atoms with Crippen LogP contribution in [0.2, 0.25) is 0 Å². The predicted octanol–water partition coefficient (Wildman–Crippen LogP) is 2.91. The van der Waals surface area contributed by atoms with E-state index in [9.17, 15) is 9.59 Å². The van der Waals surface area contributed by atoms with Gasteiger partial charge >= 0.3 is 0 Å². The van der Waals surface area contributed by atoms with Crippen molar-refractivity contribution in [3.05, 3.63) is 65.7 Å². The number of hydrogen-bond acceptors (Lipinski definition) is 4. The summed E-state index contributed by atoms with van der Waals surface area (Å²) in [5.74, 6) is -0.270. The van der Waals surface area contributed by atoms with Gasteiger partial charge in [0.25, 0.3) is 0 Å². The highest BCUT2D eigenvalue weighted by Crippen LogP contribution is 2.27. The van der Waals surface area contributed by atoms with E-state index < -0.39 is 11.6 Å². The molecule has 0 aliphatic heterocycles. The molecule has 0 bridgehead atoms. The normalized spacial score (nSPS) is 13.5. The number of benzene rings is 2. The molecule has 0 unspecified atom stereocenters. The van der Waals surface area contributed by atoms with E-state index in [-0.39, 0.29) is 0 Å². The first-order valence-electron chi connectivity index (χ1n) is 6.50. The molecular weight excluding hydrogens is 266 g/mol. The second kappa shape index (κ2) is 5.25. The molecule has 1 aliphatic carbocycles. The average molecular weight is 279 g/mol. The number of allylic oxidation sites excluding steroid dienone is 1. The van der Waals surface area contributed by atoms with Crippen molar-refractivity contribution in [2.75, 3.05) is 12.4 Å². The number of ketones is 2. The molecule has 3 rings (SSSR count). The van der Waals surface area contributed by atoms with Gasteiger partial charge in [0.05, 0.1) is 12.8 Å². The van der Waals surface area contributed by atoms with Crippen molar-refractivity contribution in [1.29, 1.82) is 0 Å². The van der Waals surface area contributed by atoms with Gasteiger partial charge < -0.3 is 10.1 Å². The van der Waals surface area contributed by atoms with Gasteiger partial charge in [0.15, 0.2) is 0 Å². The first kappa shape index (κ1) is 13.1. The van der Waals surface area contributed by atoms with E-state index in [1.807, 2.05) is 36.4 Å². The summed E-state index contributed by atoms with van der Waals surface area (Å²) in [5, 5.41) is 3.17. The van der Waals surface area contributed by atoms with Crippen LogP contribution in [0.15, 0.2) is 54.6 Å². The number of nitrogens with one attached hydrogen (secondary N) is 1. The molecule has 0 spiro atoms. The standard InChI is InChI=1S/C17H13NO3/c1-21-12-6-4-5-11(9-12)18-15-10-16(19)17(20)14-8-3-2-7-13(14)15/h2-10,18H,1H3. The first-order valence-corrected chi connectivity index (χ1v) is 6.50. The third-order valence-electron chi connectivity index (χ3n) is 3.31. The summed E-state index contributed by atoms with van der Waals surface area (Å²) >= 11 is 0. The number of Topliss-reactive ketones (excluding diaryl/α,β-unsaturated/α-hetero) is 1. The lowest BCUT2D eigenvalue weighted by Crippen LogP contribution is -2.20. The quantitative estimate of drug-likeness (QED) is 0.878. The highest BCUT2D eigenvalue weighted by atomic mass is 16.5. The molecule has 0 saturated heterocycles. The van der Waals surface area contributed by atoms with Crippen molar-refractivity contribution >= 4 is 23.0 Å². The van der Waals surface area contributed by atoms with Gasteiger partial charge in [-0.25, -0.2) is 0 Å². The third-order valence-corrected chi connectivity index (χ3v) is 3.31. The number of carbonyl (C=O) groups is 2. The van der Waals surface area contributed by atoms with Crippen LogP contribution >= 0.6 is 0 Å². The lowest BCUT2D eigenvalue weighted by Gasteiger charge is -2.18. The van der Waals surface area contributed by atoms with Gasteiger partial charge in [-0.05, 0) is 12.1 Å². The van der Waals surface area contributed by atoms with E-state index in [4.69, 9.17) is 4.74 Å². The maximum atomic E-state index is 11.9. The fourth-order valence-corrected chi connectivity index (χ4v) is 2.28. The topological polar surface area (TPSA) is 55.4 Å².